The summed E-state index contributed by atoms with van der Waals surface area (Å²) >= 11 is 0. The normalized spacial score (nSPS) is 14.5. The molecule has 0 saturated carbocycles. The summed E-state index contributed by atoms with van der Waals surface area (Å²) in [5, 5.41) is 0. The van der Waals surface area contributed by atoms with Crippen LogP contribution in [0.5, 0.6) is 0 Å². The summed E-state index contributed by atoms with van der Waals surface area (Å²) in [6, 6.07) is 10.2. The maximum Gasteiger partial charge on any atom is 0.261 e. The second-order valence-corrected chi connectivity index (χ2v) is 8.51. The number of likely N-dealkylation sites (tertiary alicyclic amines) is 1. The van der Waals surface area contributed by atoms with Crippen molar-refractivity contribution in [3.63, 3.8) is 0 Å². The summed E-state index contributed by atoms with van der Waals surface area (Å²) in [6.07, 6.45) is 1.99. The van der Waals surface area contributed by atoms with E-state index in [4.69, 9.17) is 0 Å². The molecule has 6 heteroatoms. The molecule has 0 unspecified atom stereocenters. The van der Waals surface area contributed by atoms with E-state index in [2.05, 4.69) is 4.72 Å². The molecule has 1 heterocycles. The molecule has 3 rings (SSSR count). The first-order chi connectivity index (χ1) is 12.3. The van der Waals surface area contributed by atoms with Crippen molar-refractivity contribution in [2.24, 2.45) is 0 Å². The maximum absolute atomic E-state index is 12.8. The number of hydrogen-bond acceptors (Lipinski definition) is 3. The van der Waals surface area contributed by atoms with Crippen molar-refractivity contribution in [3.8, 4) is 0 Å². The third-order valence-electron chi connectivity index (χ3n) is 4.99. The monoisotopic (exact) mass is 372 g/mol. The van der Waals surface area contributed by atoms with Crippen LogP contribution in [0.1, 0.15) is 39.9 Å². The molecule has 2 aromatic rings. The van der Waals surface area contributed by atoms with Crippen LogP contribution >= 0.6 is 0 Å². The molecule has 0 aromatic heterocycles. The van der Waals surface area contributed by atoms with Crippen LogP contribution in [0.3, 0.4) is 0 Å². The van der Waals surface area contributed by atoms with Crippen molar-refractivity contribution in [1.82, 2.24) is 4.90 Å². The van der Waals surface area contributed by atoms with Gasteiger partial charge >= 0.3 is 0 Å². The lowest BCUT2D eigenvalue weighted by Crippen LogP contribution is -2.28. The number of anilines is 1. The summed E-state index contributed by atoms with van der Waals surface area (Å²) in [7, 11) is -3.77. The Morgan fingerprint density at radius 3 is 2.38 bits per heavy atom. The number of carbonyl (C=O) groups is 1. The van der Waals surface area contributed by atoms with Gasteiger partial charge < -0.3 is 4.90 Å². The van der Waals surface area contributed by atoms with Crippen molar-refractivity contribution in [1.29, 1.82) is 0 Å². The quantitative estimate of drug-likeness (QED) is 0.891. The standard InChI is InChI=1S/C20H24N2O3S/c1-14-7-6-8-19(16(14)3)21-26(24,25)17-10-9-15(2)18(13-17)20(23)22-11-4-5-12-22/h6-10,13,21H,4-5,11-12H2,1-3H3. The van der Waals surface area contributed by atoms with E-state index in [0.29, 0.717) is 11.3 Å². The van der Waals surface area contributed by atoms with Crippen LogP contribution in [0.15, 0.2) is 41.3 Å². The van der Waals surface area contributed by atoms with E-state index in [-0.39, 0.29) is 10.8 Å². The molecule has 26 heavy (non-hydrogen) atoms. The molecule has 0 aliphatic carbocycles. The Hall–Kier alpha value is -2.34. The molecule has 138 valence electrons. The minimum Gasteiger partial charge on any atom is -0.339 e. The predicted molar refractivity (Wildman–Crippen MR) is 103 cm³/mol. The molecular weight excluding hydrogens is 348 g/mol. The van der Waals surface area contributed by atoms with Crippen LogP contribution in [-0.2, 0) is 10.0 Å². The summed E-state index contributed by atoms with van der Waals surface area (Å²) in [5.41, 5.74) is 3.69. The zero-order valence-electron chi connectivity index (χ0n) is 15.4. The molecule has 1 aliphatic heterocycles. The fourth-order valence-corrected chi connectivity index (χ4v) is 4.30. The van der Waals surface area contributed by atoms with Crippen molar-refractivity contribution < 1.29 is 13.2 Å². The average molecular weight is 372 g/mol. The van der Waals surface area contributed by atoms with Crippen molar-refractivity contribution in [2.75, 3.05) is 17.8 Å². The molecule has 0 bridgehead atoms. The molecular formula is C20H24N2O3S. The number of amides is 1. The lowest BCUT2D eigenvalue weighted by molar-refractivity contribution is 0.0792. The smallest absolute Gasteiger partial charge is 0.261 e. The number of rotatable bonds is 4. The first-order valence-electron chi connectivity index (χ1n) is 8.78. The van der Waals surface area contributed by atoms with Gasteiger partial charge in [-0.15, -0.1) is 0 Å². The van der Waals surface area contributed by atoms with E-state index in [1.807, 2.05) is 32.9 Å². The summed E-state index contributed by atoms with van der Waals surface area (Å²) in [4.78, 5) is 14.6. The van der Waals surface area contributed by atoms with Crippen LogP contribution in [0.4, 0.5) is 5.69 Å². The van der Waals surface area contributed by atoms with E-state index >= 15 is 0 Å². The fraction of sp³-hybridized carbons (Fsp3) is 0.350. The topological polar surface area (TPSA) is 66.5 Å². The lowest BCUT2D eigenvalue weighted by Gasteiger charge is -2.18. The van der Waals surface area contributed by atoms with Gasteiger partial charge in [0.1, 0.15) is 0 Å². The Labute approximate surface area is 155 Å². The van der Waals surface area contributed by atoms with Gasteiger partial charge in [0.2, 0.25) is 0 Å². The lowest BCUT2D eigenvalue weighted by atomic mass is 10.1. The Morgan fingerprint density at radius 1 is 1.00 bits per heavy atom. The van der Waals surface area contributed by atoms with Gasteiger partial charge in [-0.25, -0.2) is 8.42 Å². The highest BCUT2D eigenvalue weighted by Gasteiger charge is 2.23. The number of nitrogens with one attached hydrogen (secondary N) is 1. The Bertz CT molecular complexity index is 946. The zero-order chi connectivity index (χ0) is 18.9. The molecule has 1 amide bonds. The Balaban J connectivity index is 1.94. The van der Waals surface area contributed by atoms with E-state index in [1.165, 1.54) is 6.07 Å². The molecule has 2 aromatic carbocycles. The highest BCUT2D eigenvalue weighted by atomic mass is 32.2. The molecule has 0 spiro atoms. The first kappa shape index (κ1) is 18.5. The van der Waals surface area contributed by atoms with Crippen LogP contribution in [0, 0.1) is 20.8 Å². The maximum atomic E-state index is 12.8. The zero-order valence-corrected chi connectivity index (χ0v) is 16.2. The van der Waals surface area contributed by atoms with Gasteiger partial charge in [0.15, 0.2) is 0 Å². The van der Waals surface area contributed by atoms with Crippen molar-refractivity contribution in [2.45, 2.75) is 38.5 Å². The number of benzene rings is 2. The van der Waals surface area contributed by atoms with Gasteiger partial charge in [0, 0.05) is 18.7 Å². The minimum atomic E-state index is -3.77. The van der Waals surface area contributed by atoms with E-state index in [0.717, 1.165) is 42.6 Å². The summed E-state index contributed by atoms with van der Waals surface area (Å²) in [6.45, 7) is 7.11. The van der Waals surface area contributed by atoms with Crippen LogP contribution in [0.2, 0.25) is 0 Å². The first-order valence-corrected chi connectivity index (χ1v) is 10.3. The molecule has 1 aliphatic rings. The van der Waals surface area contributed by atoms with Gasteiger partial charge in [-0.3, -0.25) is 9.52 Å². The van der Waals surface area contributed by atoms with Gasteiger partial charge in [0.25, 0.3) is 15.9 Å². The molecule has 1 fully saturated rings. The largest absolute Gasteiger partial charge is 0.339 e. The van der Waals surface area contributed by atoms with Crippen LogP contribution < -0.4 is 4.72 Å². The van der Waals surface area contributed by atoms with Gasteiger partial charge in [0.05, 0.1) is 10.6 Å². The number of carbonyl (C=O) groups excluding carboxylic acids is 1. The van der Waals surface area contributed by atoms with Gasteiger partial charge in [-0.2, -0.15) is 0 Å². The Kier molecular flexibility index (Phi) is 5.05. The summed E-state index contributed by atoms with van der Waals surface area (Å²) < 4.78 is 28.3. The molecule has 1 N–H and O–H groups in total. The van der Waals surface area contributed by atoms with E-state index in [1.54, 1.807) is 23.1 Å². The van der Waals surface area contributed by atoms with Crippen LogP contribution in [-0.4, -0.2) is 32.3 Å². The average Bonchev–Trinajstić information content (AvgIpc) is 3.13. The predicted octanol–water partition coefficient (Wildman–Crippen LogP) is 3.65. The minimum absolute atomic E-state index is 0.0937. The summed E-state index contributed by atoms with van der Waals surface area (Å²) in [5.74, 6) is -0.0937. The number of nitrogens with zero attached hydrogens (tertiary/aromatic N) is 1. The Morgan fingerprint density at radius 2 is 1.69 bits per heavy atom. The molecule has 5 nitrogen and oxygen atoms in total. The second-order valence-electron chi connectivity index (χ2n) is 6.83. The fourth-order valence-electron chi connectivity index (χ4n) is 3.15. The van der Waals surface area contributed by atoms with Gasteiger partial charge in [-0.1, -0.05) is 18.2 Å². The SMILES string of the molecule is Cc1ccc(S(=O)(=O)Nc2cccc(C)c2C)cc1C(=O)N1CCCC1. The number of hydrogen-bond donors (Lipinski definition) is 1. The molecule has 0 radical (unpaired) electrons. The van der Waals surface area contributed by atoms with Crippen LogP contribution in [0.25, 0.3) is 0 Å². The molecule has 1 saturated heterocycles. The highest BCUT2D eigenvalue weighted by Crippen LogP contribution is 2.24. The third kappa shape index (κ3) is 3.60. The van der Waals surface area contributed by atoms with Gasteiger partial charge in [-0.05, 0) is 68.5 Å². The number of aryl methyl sites for hydroxylation is 2. The second kappa shape index (κ2) is 7.11. The van der Waals surface area contributed by atoms with Crippen molar-refractivity contribution in [3.05, 3.63) is 58.7 Å². The molecule has 0 atom stereocenters. The van der Waals surface area contributed by atoms with E-state index < -0.39 is 10.0 Å². The highest BCUT2D eigenvalue weighted by molar-refractivity contribution is 7.92. The third-order valence-corrected chi connectivity index (χ3v) is 6.36. The van der Waals surface area contributed by atoms with E-state index in [9.17, 15) is 13.2 Å². The number of sulfonamides is 1. The van der Waals surface area contributed by atoms with Crippen molar-refractivity contribution >= 4 is 21.6 Å².